The van der Waals surface area contributed by atoms with Gasteiger partial charge < -0.3 is 4.74 Å². The zero-order chi connectivity index (χ0) is 5.11. The van der Waals surface area contributed by atoms with Gasteiger partial charge in [-0.3, -0.25) is 0 Å². The Morgan fingerprint density at radius 1 is 1.62 bits per heavy atom. The molecule has 0 aromatic heterocycles. The summed E-state index contributed by atoms with van der Waals surface area (Å²) >= 11 is 0. The fourth-order valence-corrected chi connectivity index (χ4v) is 0.459. The largest absolute Gasteiger partial charge is 0.497 e. The van der Waals surface area contributed by atoms with Crippen LogP contribution in [0.15, 0.2) is 24.0 Å². The minimum Gasteiger partial charge on any atom is -0.497 e. The van der Waals surface area contributed by atoms with E-state index >= 15 is 0 Å². The van der Waals surface area contributed by atoms with Crippen LogP contribution in [0.3, 0.4) is 0 Å². The highest BCUT2D eigenvalue weighted by molar-refractivity contribution is 5.16. The molecule has 0 atom stereocenters. The van der Waals surface area contributed by atoms with Crippen LogP contribution in [0.25, 0.3) is 0 Å². The van der Waals surface area contributed by atoms with E-state index in [-0.39, 0.29) is 5.48 Å². The van der Waals surface area contributed by atoms with Gasteiger partial charge in [0.25, 0.3) is 0 Å². The van der Waals surface area contributed by atoms with Crippen LogP contribution < -0.4 is 0 Å². The summed E-state index contributed by atoms with van der Waals surface area (Å²) in [5.74, 6) is 0. The molecule has 8 heavy (non-hydrogen) atoms. The van der Waals surface area contributed by atoms with Crippen molar-refractivity contribution in [2.24, 2.45) is 0 Å². The van der Waals surface area contributed by atoms with E-state index in [1.807, 2.05) is 12.2 Å². The van der Waals surface area contributed by atoms with Gasteiger partial charge in [0.2, 0.25) is 0 Å². The third-order valence-corrected chi connectivity index (χ3v) is 0.929. The van der Waals surface area contributed by atoms with Gasteiger partial charge in [-0.1, -0.05) is 0 Å². The molecule has 1 rings (SSSR count). The second kappa shape index (κ2) is 3.27. The van der Waals surface area contributed by atoms with Crippen molar-refractivity contribution in [1.29, 1.82) is 0 Å². The lowest BCUT2D eigenvalue weighted by atomic mass is 10.3. The fourth-order valence-electron chi connectivity index (χ4n) is 0.459. The van der Waals surface area contributed by atoms with E-state index in [2.05, 4.69) is 6.92 Å². The van der Waals surface area contributed by atoms with Crippen molar-refractivity contribution < 1.29 is 10.2 Å². The summed E-state index contributed by atoms with van der Waals surface area (Å²) in [5.41, 5.74) is 1.28. The Kier molecular flexibility index (Phi) is 2.96. The van der Waals surface area contributed by atoms with Gasteiger partial charge in [-0.05, 0) is 24.6 Å². The third-order valence-electron chi connectivity index (χ3n) is 0.929. The highest BCUT2D eigenvalue weighted by Gasteiger charge is 1.85. The lowest BCUT2D eigenvalue weighted by molar-refractivity contribution is 0.284. The summed E-state index contributed by atoms with van der Waals surface area (Å²) in [6, 6.07) is 0. The summed E-state index contributed by atoms with van der Waals surface area (Å²) < 4.78 is 4.88. The van der Waals surface area contributed by atoms with Crippen LogP contribution in [0.4, 0.5) is 0 Å². The zero-order valence-electron chi connectivity index (χ0n) is 4.76. The summed E-state index contributed by atoms with van der Waals surface area (Å²) in [4.78, 5) is 0. The normalized spacial score (nSPS) is 15.9. The minimum absolute atomic E-state index is 0. The number of hydrogen-bond donors (Lipinski definition) is 0. The molecule has 0 aromatic rings. The molecule has 0 N–H and O–H groups in total. The monoisotopic (exact) mass is 112 g/mol. The molecule has 0 unspecified atom stereocenters. The van der Waals surface area contributed by atoms with E-state index < -0.39 is 0 Å². The van der Waals surface area contributed by atoms with Crippen LogP contribution in [-0.2, 0) is 10.2 Å². The Bertz CT molecular complexity index is 114. The maximum Gasteiger partial charge on any atom is 0.106 e. The van der Waals surface area contributed by atoms with Crippen LogP contribution >= 0.6 is 0 Å². The predicted molar refractivity (Wildman–Crippen MR) is 29.5 cm³/mol. The molecule has 2 radical (unpaired) electrons. The molecule has 1 aliphatic heterocycles. The molecule has 0 aliphatic carbocycles. The summed E-state index contributed by atoms with van der Waals surface area (Å²) in [6.45, 7) is 2.79. The van der Waals surface area contributed by atoms with E-state index in [1.165, 1.54) is 5.57 Å². The lowest BCUT2D eigenvalue weighted by Crippen LogP contribution is -1.87. The first-order chi connectivity index (χ1) is 3.39. The Morgan fingerprint density at radius 2 is 2.38 bits per heavy atom. The Hall–Kier alpha value is -0.760. The van der Waals surface area contributed by atoms with Gasteiger partial charge in [0, 0.05) is 5.48 Å². The Balaban J connectivity index is 0.000000490. The molecule has 0 fully saturated rings. The maximum atomic E-state index is 4.88. The van der Waals surface area contributed by atoms with Crippen LogP contribution in [0.5, 0.6) is 0 Å². The fraction of sp³-hybridized carbons (Fsp3) is 0.333. The molecule has 0 spiro atoms. The highest BCUT2D eigenvalue weighted by Crippen LogP contribution is 1.99. The summed E-state index contributed by atoms with van der Waals surface area (Å²) in [5, 5.41) is 0. The van der Waals surface area contributed by atoms with Crippen LogP contribution in [0.1, 0.15) is 6.92 Å². The van der Waals surface area contributed by atoms with Gasteiger partial charge in [0.1, 0.15) is 6.61 Å². The van der Waals surface area contributed by atoms with Crippen molar-refractivity contribution in [3.63, 3.8) is 0 Å². The summed E-state index contributed by atoms with van der Waals surface area (Å²) in [6.07, 6.45) is 5.71. The smallest absolute Gasteiger partial charge is 0.106 e. The first-order valence-corrected chi connectivity index (χ1v) is 2.34. The zero-order valence-corrected chi connectivity index (χ0v) is 4.76. The molecule has 0 saturated carbocycles. The Labute approximate surface area is 48.8 Å². The van der Waals surface area contributed by atoms with Crippen molar-refractivity contribution in [3.05, 3.63) is 24.0 Å². The summed E-state index contributed by atoms with van der Waals surface area (Å²) in [7, 11) is 0. The molecule has 0 saturated heterocycles. The molecule has 44 valence electrons. The molecule has 2 nitrogen and oxygen atoms in total. The average molecular weight is 112 g/mol. The van der Waals surface area contributed by atoms with E-state index in [0.717, 1.165) is 6.61 Å². The van der Waals surface area contributed by atoms with Crippen molar-refractivity contribution >= 4 is 0 Å². The predicted octanol–water partition coefficient (Wildman–Crippen LogP) is 1.36. The molecular weight excluding hydrogens is 104 g/mol. The molecule has 0 aromatic carbocycles. The molecule has 1 aliphatic rings. The first-order valence-electron chi connectivity index (χ1n) is 2.34. The number of allylic oxidation sites excluding steroid dienone is 2. The van der Waals surface area contributed by atoms with E-state index in [0.29, 0.717) is 0 Å². The van der Waals surface area contributed by atoms with Crippen molar-refractivity contribution in [2.45, 2.75) is 6.92 Å². The van der Waals surface area contributed by atoms with Crippen molar-refractivity contribution in [2.75, 3.05) is 6.61 Å². The second-order valence-corrected chi connectivity index (χ2v) is 1.58. The molecule has 1 heterocycles. The number of rotatable bonds is 0. The van der Waals surface area contributed by atoms with Crippen LogP contribution in [-0.4, -0.2) is 6.61 Å². The molecule has 0 bridgehead atoms. The Morgan fingerprint density at radius 3 is 2.62 bits per heavy atom. The van der Waals surface area contributed by atoms with Gasteiger partial charge in [-0.25, -0.2) is 0 Å². The van der Waals surface area contributed by atoms with Crippen LogP contribution in [0.2, 0.25) is 0 Å². The van der Waals surface area contributed by atoms with Gasteiger partial charge >= 0.3 is 0 Å². The van der Waals surface area contributed by atoms with E-state index in [1.54, 1.807) is 6.26 Å². The standard InChI is InChI=1S/C6H8O.O/c1-6-2-4-7-5-3-6;/h2-4H,5H2,1H3;. The van der Waals surface area contributed by atoms with E-state index in [9.17, 15) is 0 Å². The topological polar surface area (TPSA) is 37.7 Å². The van der Waals surface area contributed by atoms with Gasteiger partial charge in [-0.15, -0.1) is 0 Å². The van der Waals surface area contributed by atoms with Crippen LogP contribution in [0, 0.1) is 0 Å². The van der Waals surface area contributed by atoms with Crippen molar-refractivity contribution in [3.8, 4) is 0 Å². The van der Waals surface area contributed by atoms with E-state index in [4.69, 9.17) is 4.74 Å². The molecular formula is C6H8O2. The van der Waals surface area contributed by atoms with Gasteiger partial charge in [0.15, 0.2) is 0 Å². The quantitative estimate of drug-likeness (QED) is 0.466. The maximum absolute atomic E-state index is 4.88. The van der Waals surface area contributed by atoms with Gasteiger partial charge in [-0.2, -0.15) is 0 Å². The second-order valence-electron chi connectivity index (χ2n) is 1.58. The highest BCUT2D eigenvalue weighted by atomic mass is 16.5. The third kappa shape index (κ3) is 1.80. The SMILES string of the molecule is CC1=CCOC=C1.[O]. The lowest BCUT2D eigenvalue weighted by Gasteiger charge is -2.00. The average Bonchev–Trinajstić information content (AvgIpc) is 1.69. The minimum atomic E-state index is 0. The van der Waals surface area contributed by atoms with Crippen molar-refractivity contribution in [1.82, 2.24) is 0 Å². The van der Waals surface area contributed by atoms with Gasteiger partial charge in [0.05, 0.1) is 6.26 Å². The number of ether oxygens (including phenoxy) is 1. The number of hydrogen-bond acceptors (Lipinski definition) is 1. The molecule has 2 heteroatoms. The molecule has 0 amide bonds. The first kappa shape index (κ1) is 7.24.